The van der Waals surface area contributed by atoms with E-state index in [-0.39, 0.29) is 16.6 Å². The van der Waals surface area contributed by atoms with E-state index in [9.17, 15) is 8.42 Å². The summed E-state index contributed by atoms with van der Waals surface area (Å²) in [5, 5.41) is -0.00505. The Kier molecular flexibility index (Phi) is 6.35. The molecule has 2 rings (SSSR count). The van der Waals surface area contributed by atoms with Crippen molar-refractivity contribution in [2.24, 2.45) is 5.41 Å². The first kappa shape index (κ1) is 20.4. The molecule has 0 N–H and O–H groups in total. The highest BCUT2D eigenvalue weighted by atomic mass is 32.2. The quantitative estimate of drug-likeness (QED) is 0.624. The Labute approximate surface area is 152 Å². The van der Waals surface area contributed by atoms with Crippen LogP contribution in [0.3, 0.4) is 0 Å². The summed E-state index contributed by atoms with van der Waals surface area (Å²) in [4.78, 5) is 2.23. The van der Waals surface area contributed by atoms with Gasteiger partial charge in [0.15, 0.2) is 0 Å². The zero-order valence-corrected chi connectivity index (χ0v) is 17.1. The predicted octanol–water partition coefficient (Wildman–Crippen LogP) is 2.95. The van der Waals surface area contributed by atoms with Gasteiger partial charge in [0.1, 0.15) is 5.76 Å². The molecule has 0 bridgehead atoms. The molecular formula is C18H32N2O4S. The summed E-state index contributed by atoms with van der Waals surface area (Å²) in [6.07, 6.45) is 3.53. The summed E-state index contributed by atoms with van der Waals surface area (Å²) in [6, 6.07) is 3.66. The van der Waals surface area contributed by atoms with Crippen LogP contribution in [0.15, 0.2) is 21.6 Å². The van der Waals surface area contributed by atoms with Crippen molar-refractivity contribution in [1.82, 2.24) is 9.21 Å². The Bertz CT molecular complexity index is 666. The zero-order chi connectivity index (χ0) is 18.8. The number of sulfonamides is 1. The molecule has 0 amide bonds. The van der Waals surface area contributed by atoms with Crippen molar-refractivity contribution in [3.8, 4) is 0 Å². The Morgan fingerprint density at radius 3 is 2.52 bits per heavy atom. The Morgan fingerprint density at radius 1 is 1.28 bits per heavy atom. The molecule has 1 aromatic rings. The average molecular weight is 373 g/mol. The van der Waals surface area contributed by atoms with Crippen molar-refractivity contribution in [3.05, 3.63) is 17.9 Å². The normalized spacial score (nSPS) is 23.2. The van der Waals surface area contributed by atoms with E-state index in [0.29, 0.717) is 18.3 Å². The maximum absolute atomic E-state index is 12.1. The summed E-state index contributed by atoms with van der Waals surface area (Å²) in [6.45, 7) is 8.04. The first-order chi connectivity index (χ1) is 11.6. The zero-order valence-electron chi connectivity index (χ0n) is 16.3. The monoisotopic (exact) mass is 372 g/mol. The summed E-state index contributed by atoms with van der Waals surface area (Å²) in [5.74, 6) is 0.661. The Balaban J connectivity index is 1.95. The minimum atomic E-state index is -3.52. The van der Waals surface area contributed by atoms with Gasteiger partial charge in [-0.1, -0.05) is 27.2 Å². The van der Waals surface area contributed by atoms with Crippen molar-refractivity contribution in [2.45, 2.75) is 63.8 Å². The molecule has 0 radical (unpaired) electrons. The van der Waals surface area contributed by atoms with E-state index in [0.717, 1.165) is 30.2 Å². The molecule has 0 aliphatic heterocycles. The van der Waals surface area contributed by atoms with E-state index in [1.807, 2.05) is 0 Å². The smallest absolute Gasteiger partial charge is 0.275 e. The van der Waals surface area contributed by atoms with Crippen molar-refractivity contribution in [3.63, 3.8) is 0 Å². The van der Waals surface area contributed by atoms with E-state index in [2.05, 4.69) is 32.7 Å². The number of nitrogens with zero attached hydrogens (tertiary/aromatic N) is 2. The summed E-state index contributed by atoms with van der Waals surface area (Å²) >= 11 is 0. The van der Waals surface area contributed by atoms with Crippen molar-refractivity contribution >= 4 is 10.0 Å². The third-order valence-electron chi connectivity index (χ3n) is 5.25. The molecule has 7 heteroatoms. The number of rotatable bonds is 9. The number of hydrogen-bond acceptors (Lipinski definition) is 5. The van der Waals surface area contributed by atoms with Crippen LogP contribution >= 0.6 is 0 Å². The van der Waals surface area contributed by atoms with E-state index >= 15 is 0 Å². The predicted molar refractivity (Wildman–Crippen MR) is 97.9 cm³/mol. The maximum atomic E-state index is 12.1. The van der Waals surface area contributed by atoms with Crippen molar-refractivity contribution in [1.29, 1.82) is 0 Å². The number of ether oxygens (including phenoxy) is 1. The van der Waals surface area contributed by atoms with Gasteiger partial charge in [0, 0.05) is 32.2 Å². The largest absolute Gasteiger partial charge is 0.447 e. The van der Waals surface area contributed by atoms with E-state index in [4.69, 9.17) is 9.15 Å². The van der Waals surface area contributed by atoms with Crippen LogP contribution in [-0.4, -0.2) is 57.5 Å². The lowest BCUT2D eigenvalue weighted by molar-refractivity contribution is -0.150. The van der Waals surface area contributed by atoms with Crippen LogP contribution in [0.1, 0.15) is 45.8 Å². The Morgan fingerprint density at radius 2 is 1.96 bits per heavy atom. The van der Waals surface area contributed by atoms with Crippen LogP contribution in [0.4, 0.5) is 0 Å². The lowest BCUT2D eigenvalue weighted by atomic mass is 9.64. The molecule has 1 aromatic heterocycles. The number of hydrogen-bond donors (Lipinski definition) is 0. The fourth-order valence-corrected chi connectivity index (χ4v) is 4.20. The average Bonchev–Trinajstić information content (AvgIpc) is 2.98. The molecule has 1 aliphatic carbocycles. The molecule has 0 saturated heterocycles. The highest BCUT2D eigenvalue weighted by Crippen LogP contribution is 2.45. The van der Waals surface area contributed by atoms with Crippen LogP contribution in [0.2, 0.25) is 0 Å². The molecule has 0 spiro atoms. The topological polar surface area (TPSA) is 63.0 Å². The van der Waals surface area contributed by atoms with Gasteiger partial charge in [0.2, 0.25) is 5.09 Å². The van der Waals surface area contributed by atoms with Gasteiger partial charge in [-0.25, -0.2) is 12.7 Å². The molecule has 1 heterocycles. The van der Waals surface area contributed by atoms with Gasteiger partial charge in [-0.05, 0) is 32.0 Å². The van der Waals surface area contributed by atoms with E-state index in [1.54, 1.807) is 6.07 Å². The van der Waals surface area contributed by atoms with Crippen molar-refractivity contribution in [2.75, 3.05) is 27.7 Å². The molecule has 0 unspecified atom stereocenters. The van der Waals surface area contributed by atoms with Crippen molar-refractivity contribution < 1.29 is 17.6 Å². The van der Waals surface area contributed by atoms with E-state index in [1.165, 1.54) is 20.2 Å². The van der Waals surface area contributed by atoms with Crippen LogP contribution < -0.4 is 0 Å². The lowest BCUT2D eigenvalue weighted by Gasteiger charge is -2.55. The van der Waals surface area contributed by atoms with E-state index < -0.39 is 10.0 Å². The first-order valence-corrected chi connectivity index (χ1v) is 10.4. The third kappa shape index (κ3) is 4.27. The minimum absolute atomic E-state index is 0.00505. The van der Waals surface area contributed by atoms with Gasteiger partial charge in [-0.2, -0.15) is 0 Å². The number of furan rings is 1. The summed E-state index contributed by atoms with van der Waals surface area (Å²) in [7, 11) is 1.53. The minimum Gasteiger partial charge on any atom is -0.447 e. The second kappa shape index (κ2) is 7.78. The molecule has 1 saturated carbocycles. The van der Waals surface area contributed by atoms with Crippen LogP contribution in [0.25, 0.3) is 0 Å². The first-order valence-electron chi connectivity index (χ1n) is 8.93. The molecule has 2 atom stereocenters. The molecule has 144 valence electrons. The van der Waals surface area contributed by atoms with Crippen LogP contribution in [0.5, 0.6) is 0 Å². The third-order valence-corrected chi connectivity index (χ3v) is 6.94. The van der Waals surface area contributed by atoms with Gasteiger partial charge in [-0.15, -0.1) is 0 Å². The maximum Gasteiger partial charge on any atom is 0.275 e. The number of unbranched alkanes of at least 4 members (excludes halogenated alkanes) is 1. The highest BCUT2D eigenvalue weighted by molar-refractivity contribution is 7.88. The van der Waals surface area contributed by atoms with Gasteiger partial charge in [0.25, 0.3) is 10.0 Å². The fourth-order valence-electron chi connectivity index (χ4n) is 3.38. The standard InChI is InChI=1S/C18H32N2O4S/c1-7-8-11-23-16-12-15(18(16,2)3)20(6)13-14-9-10-17(24-14)25(21,22)19(4)5/h9-10,15-16H,7-8,11-13H2,1-6H3/t15-,16+/m0/s1. The van der Waals surface area contributed by atoms with Gasteiger partial charge >= 0.3 is 0 Å². The molecule has 1 fully saturated rings. The van der Waals surface area contributed by atoms with Gasteiger partial charge in [-0.3, -0.25) is 4.90 Å². The van der Waals surface area contributed by atoms with Gasteiger partial charge < -0.3 is 9.15 Å². The summed E-state index contributed by atoms with van der Waals surface area (Å²) in [5.41, 5.74) is 0.0770. The highest BCUT2D eigenvalue weighted by Gasteiger charge is 2.50. The molecule has 0 aromatic carbocycles. The second-order valence-electron chi connectivity index (χ2n) is 7.71. The summed E-state index contributed by atoms with van der Waals surface area (Å²) < 4.78 is 36.9. The van der Waals surface area contributed by atoms with Crippen LogP contribution in [-0.2, 0) is 21.3 Å². The Hall–Kier alpha value is -0.890. The molecular weight excluding hydrogens is 340 g/mol. The van der Waals surface area contributed by atoms with Crippen LogP contribution in [0, 0.1) is 5.41 Å². The molecule has 6 nitrogen and oxygen atoms in total. The lowest BCUT2D eigenvalue weighted by Crippen LogP contribution is -2.61. The fraction of sp³-hybridized carbons (Fsp3) is 0.778. The molecule has 1 aliphatic rings. The second-order valence-corrected chi connectivity index (χ2v) is 9.79. The van der Waals surface area contributed by atoms with Gasteiger partial charge in [0.05, 0.1) is 12.6 Å². The molecule has 25 heavy (non-hydrogen) atoms. The SMILES string of the molecule is CCCCO[C@@H]1C[C@H](N(C)Cc2ccc(S(=O)(=O)N(C)C)o2)C1(C)C.